The van der Waals surface area contributed by atoms with Crippen LogP contribution in [-0.4, -0.2) is 27.2 Å². The molecule has 0 aliphatic carbocycles. The summed E-state index contributed by atoms with van der Waals surface area (Å²) in [4.78, 5) is 25.5. The maximum Gasteiger partial charge on any atom is 0.276 e. The van der Waals surface area contributed by atoms with Gasteiger partial charge in [-0.25, -0.2) is 4.52 Å². The van der Waals surface area contributed by atoms with Crippen LogP contribution in [0.15, 0.2) is 71.8 Å². The van der Waals surface area contributed by atoms with Gasteiger partial charge in [-0.1, -0.05) is 50.2 Å². The molecular weight excluding hydrogens is 428 g/mol. The van der Waals surface area contributed by atoms with Gasteiger partial charge in [0.15, 0.2) is 0 Å². The van der Waals surface area contributed by atoms with Gasteiger partial charge in [0.1, 0.15) is 11.3 Å². The van der Waals surface area contributed by atoms with Crippen LogP contribution in [0.2, 0.25) is 0 Å². The number of nitrogens with one attached hydrogen (secondary N) is 1. The minimum Gasteiger partial charge on any atom is -0.497 e. The predicted molar refractivity (Wildman–Crippen MR) is 133 cm³/mol. The minimum atomic E-state index is -0.170. The Bertz CT molecular complexity index is 1340. The van der Waals surface area contributed by atoms with E-state index in [1.54, 1.807) is 34.7 Å². The van der Waals surface area contributed by atoms with Gasteiger partial charge < -0.3 is 14.6 Å². The van der Waals surface area contributed by atoms with Crippen molar-refractivity contribution in [1.82, 2.24) is 19.5 Å². The number of aromatic nitrogens is 3. The number of aryl methyl sites for hydroxylation is 1. The van der Waals surface area contributed by atoms with E-state index in [-0.39, 0.29) is 23.9 Å². The third-order valence-corrected chi connectivity index (χ3v) is 6.05. The fourth-order valence-corrected chi connectivity index (χ4v) is 3.89. The first kappa shape index (κ1) is 23.3. The summed E-state index contributed by atoms with van der Waals surface area (Å²) in [5.74, 6) is 1.11. The second-order valence-electron chi connectivity index (χ2n) is 8.75. The van der Waals surface area contributed by atoms with Gasteiger partial charge in [0, 0.05) is 30.9 Å². The first-order chi connectivity index (χ1) is 16.4. The van der Waals surface area contributed by atoms with Crippen molar-refractivity contribution in [2.75, 3.05) is 7.11 Å². The van der Waals surface area contributed by atoms with E-state index < -0.39 is 0 Å². The van der Waals surface area contributed by atoms with Crippen LogP contribution in [0.3, 0.4) is 0 Å². The molecule has 2 aromatic carbocycles. The Hall–Kier alpha value is -3.87. The highest BCUT2D eigenvalue weighted by Crippen LogP contribution is 2.22. The topological polar surface area (TPSA) is 77.6 Å². The Balaban J connectivity index is 1.43. The van der Waals surface area contributed by atoms with Crippen LogP contribution in [-0.2, 0) is 11.3 Å². The lowest BCUT2D eigenvalue weighted by atomic mass is 10.0. The van der Waals surface area contributed by atoms with Crippen LogP contribution in [0.25, 0.3) is 16.8 Å². The Morgan fingerprint density at radius 3 is 2.32 bits per heavy atom. The molecule has 1 N–H and O–H groups in total. The van der Waals surface area contributed by atoms with Crippen LogP contribution in [0.4, 0.5) is 0 Å². The number of fused-ring (bicyclic) bond motifs is 1. The van der Waals surface area contributed by atoms with E-state index in [0.717, 1.165) is 22.6 Å². The van der Waals surface area contributed by atoms with Crippen molar-refractivity contribution < 1.29 is 9.53 Å². The van der Waals surface area contributed by atoms with Crippen molar-refractivity contribution in [3.63, 3.8) is 0 Å². The third-order valence-electron chi connectivity index (χ3n) is 6.05. The van der Waals surface area contributed by atoms with Gasteiger partial charge in [-0.3, -0.25) is 9.59 Å². The number of nitrogens with zero attached hydrogens (tertiary/aromatic N) is 3. The maximum atomic E-state index is 13.0. The van der Waals surface area contributed by atoms with Crippen molar-refractivity contribution in [3.05, 3.63) is 88.5 Å². The average Bonchev–Trinajstić information content (AvgIpc) is 3.29. The summed E-state index contributed by atoms with van der Waals surface area (Å²) in [6.07, 6.45) is 3.63. The number of benzene rings is 2. The summed E-state index contributed by atoms with van der Waals surface area (Å²) >= 11 is 0. The van der Waals surface area contributed by atoms with Crippen LogP contribution < -0.4 is 15.6 Å². The smallest absolute Gasteiger partial charge is 0.276 e. The molecule has 0 unspecified atom stereocenters. The molecule has 0 aliphatic rings. The summed E-state index contributed by atoms with van der Waals surface area (Å²) < 4.78 is 8.32. The van der Waals surface area contributed by atoms with E-state index in [9.17, 15) is 9.59 Å². The molecule has 0 spiro atoms. The Kier molecular flexibility index (Phi) is 6.82. The van der Waals surface area contributed by atoms with Gasteiger partial charge in [-0.15, -0.1) is 0 Å². The quantitative estimate of drug-likeness (QED) is 0.420. The zero-order chi connectivity index (χ0) is 24.2. The van der Waals surface area contributed by atoms with Gasteiger partial charge in [0.2, 0.25) is 5.91 Å². The molecule has 0 saturated carbocycles. The molecule has 7 heteroatoms. The van der Waals surface area contributed by atoms with Gasteiger partial charge >= 0.3 is 0 Å². The average molecular weight is 459 g/mol. The summed E-state index contributed by atoms with van der Waals surface area (Å²) in [7, 11) is 1.62. The molecule has 0 saturated heterocycles. The van der Waals surface area contributed by atoms with E-state index in [2.05, 4.69) is 36.4 Å². The number of amides is 1. The first-order valence-corrected chi connectivity index (χ1v) is 11.5. The number of rotatable bonds is 8. The summed E-state index contributed by atoms with van der Waals surface area (Å²) in [5.41, 5.74) is 4.27. The van der Waals surface area contributed by atoms with Crippen molar-refractivity contribution in [1.29, 1.82) is 0 Å². The van der Waals surface area contributed by atoms with Crippen molar-refractivity contribution in [3.8, 4) is 17.0 Å². The highest BCUT2D eigenvalue weighted by atomic mass is 16.5. The lowest BCUT2D eigenvalue weighted by Crippen LogP contribution is -2.29. The molecule has 4 aromatic rings. The fraction of sp³-hybridized carbons (Fsp3) is 0.296. The zero-order valence-electron chi connectivity index (χ0n) is 20.0. The summed E-state index contributed by atoms with van der Waals surface area (Å²) in [5, 5.41) is 7.54. The van der Waals surface area contributed by atoms with Crippen molar-refractivity contribution in [2.45, 2.75) is 45.7 Å². The highest BCUT2D eigenvalue weighted by Gasteiger charge is 2.13. The molecule has 4 rings (SSSR count). The Labute approximate surface area is 199 Å². The van der Waals surface area contributed by atoms with E-state index in [1.165, 1.54) is 5.56 Å². The third kappa shape index (κ3) is 5.03. The van der Waals surface area contributed by atoms with E-state index in [1.807, 2.05) is 43.3 Å². The second kappa shape index (κ2) is 9.95. The van der Waals surface area contributed by atoms with E-state index in [4.69, 9.17) is 4.74 Å². The molecule has 0 radical (unpaired) electrons. The number of hydrogen-bond acceptors (Lipinski definition) is 4. The molecule has 2 aromatic heterocycles. The largest absolute Gasteiger partial charge is 0.497 e. The maximum absolute atomic E-state index is 13.0. The van der Waals surface area contributed by atoms with Gasteiger partial charge in [0.05, 0.1) is 18.8 Å². The normalized spacial score (nSPS) is 12.1. The van der Waals surface area contributed by atoms with Gasteiger partial charge in [0.25, 0.3) is 5.56 Å². The highest BCUT2D eigenvalue weighted by molar-refractivity contribution is 5.76. The molecule has 0 bridgehead atoms. The molecule has 1 atom stereocenters. The number of carbonyl (C=O) groups excluding carboxylic acids is 1. The molecule has 34 heavy (non-hydrogen) atoms. The van der Waals surface area contributed by atoms with Gasteiger partial charge in [-0.2, -0.15) is 5.10 Å². The molecule has 0 aliphatic heterocycles. The second-order valence-corrected chi connectivity index (χ2v) is 8.75. The first-order valence-electron chi connectivity index (χ1n) is 11.5. The number of ether oxygens (including phenoxy) is 1. The summed E-state index contributed by atoms with van der Waals surface area (Å²) in [6, 6.07) is 17.5. The molecule has 7 nitrogen and oxygen atoms in total. The fourth-order valence-electron chi connectivity index (χ4n) is 3.89. The lowest BCUT2D eigenvalue weighted by molar-refractivity contribution is -0.121. The van der Waals surface area contributed by atoms with E-state index in [0.29, 0.717) is 18.0 Å². The molecule has 1 amide bonds. The Morgan fingerprint density at radius 2 is 1.68 bits per heavy atom. The van der Waals surface area contributed by atoms with Crippen LogP contribution in [0.1, 0.15) is 50.3 Å². The van der Waals surface area contributed by atoms with E-state index >= 15 is 0 Å². The monoisotopic (exact) mass is 458 g/mol. The van der Waals surface area contributed by atoms with Crippen LogP contribution in [0.5, 0.6) is 5.75 Å². The lowest BCUT2D eigenvalue weighted by Gasteiger charge is -2.15. The number of methoxy groups -OCH3 is 1. The number of carbonyl (C=O) groups is 1. The standard InChI is InChI=1S/C27H30N4O3/c1-18(2)20-5-7-22(8-6-20)24-17-25-27(33)30(15-16-31(25)29-24)14-13-26(32)28-19(3)21-9-11-23(34-4)12-10-21/h5-12,15-19H,13-14H2,1-4H3,(H,28,32)/t19-/m0/s1. The molecule has 176 valence electrons. The molecule has 2 heterocycles. The van der Waals surface area contributed by atoms with Crippen LogP contribution in [0, 0.1) is 0 Å². The SMILES string of the molecule is COc1ccc([C@H](C)NC(=O)CCn2ccn3nc(-c4ccc(C(C)C)cc4)cc3c2=O)cc1. The predicted octanol–water partition coefficient (Wildman–Crippen LogP) is 4.56. The van der Waals surface area contributed by atoms with Gasteiger partial charge in [-0.05, 0) is 42.2 Å². The molecule has 0 fully saturated rings. The summed E-state index contributed by atoms with van der Waals surface area (Å²) in [6.45, 7) is 6.53. The minimum absolute atomic E-state index is 0.116. The Morgan fingerprint density at radius 1 is 1.00 bits per heavy atom. The van der Waals surface area contributed by atoms with Crippen molar-refractivity contribution >= 4 is 11.4 Å². The zero-order valence-corrected chi connectivity index (χ0v) is 20.0. The number of hydrogen-bond donors (Lipinski definition) is 1. The molecular formula is C27H30N4O3. The van der Waals surface area contributed by atoms with Crippen molar-refractivity contribution in [2.24, 2.45) is 0 Å². The van der Waals surface area contributed by atoms with Crippen LogP contribution >= 0.6 is 0 Å².